The predicted octanol–water partition coefficient (Wildman–Crippen LogP) is 0.801. The molecule has 0 radical (unpaired) electrons. The van der Waals surface area contributed by atoms with Gasteiger partial charge in [0.25, 0.3) is 0 Å². The third-order valence-corrected chi connectivity index (χ3v) is 8.72. The number of phenols is 1. The molecule has 0 bridgehead atoms. The van der Waals surface area contributed by atoms with E-state index in [4.69, 9.17) is 4.74 Å². The molecular formula is C26H36BN3O7S. The number of aromatic hydroxyl groups is 1. The number of amides is 1. The van der Waals surface area contributed by atoms with Gasteiger partial charge in [-0.1, -0.05) is 49.6 Å². The van der Waals surface area contributed by atoms with E-state index >= 15 is 0 Å². The van der Waals surface area contributed by atoms with Gasteiger partial charge in [0.15, 0.2) is 0 Å². The number of nitrogens with zero attached hydrogens (tertiary/aromatic N) is 1. The molecule has 2 aromatic rings. The summed E-state index contributed by atoms with van der Waals surface area (Å²) in [4.78, 5) is 15.3. The van der Waals surface area contributed by atoms with E-state index in [1.54, 1.807) is 24.3 Å². The number of benzene rings is 2. The Morgan fingerprint density at radius 2 is 1.82 bits per heavy atom. The molecule has 0 spiro atoms. The Morgan fingerprint density at radius 1 is 1.11 bits per heavy atom. The average Bonchev–Trinajstić information content (AvgIpc) is 2.87. The first kappa shape index (κ1) is 28.5. The standard InChI is InChI=1S/C26H36BN3O7S/c31-24-10-9-22(17-21(24)18-30-11-13-37-14-12-30)38(35,36)29-23(15-19-5-2-1-3-6-19)26(32)28-25(27(33)34)16-20-7-4-8-20/h1-3,5-6,9-10,17,20,23,25,29,31,33-34H,4,7-8,11-16,18H2,(H,28,32)/t23-,25-/m0/s1. The maximum Gasteiger partial charge on any atom is 0.475 e. The van der Waals surface area contributed by atoms with Crippen molar-refractivity contribution in [3.05, 3.63) is 59.7 Å². The van der Waals surface area contributed by atoms with Crippen LogP contribution in [0.5, 0.6) is 5.75 Å². The highest BCUT2D eigenvalue weighted by molar-refractivity contribution is 7.89. The van der Waals surface area contributed by atoms with Crippen molar-refractivity contribution < 1.29 is 33.1 Å². The van der Waals surface area contributed by atoms with Crippen molar-refractivity contribution in [2.75, 3.05) is 26.3 Å². The number of sulfonamides is 1. The minimum atomic E-state index is -4.17. The van der Waals surface area contributed by atoms with E-state index in [-0.39, 0.29) is 17.1 Å². The van der Waals surface area contributed by atoms with E-state index in [0.717, 1.165) is 24.8 Å². The fraction of sp³-hybridized carbons (Fsp3) is 0.500. The van der Waals surface area contributed by atoms with Crippen LogP contribution in [0.25, 0.3) is 0 Å². The normalized spacial score (nSPS) is 18.4. The summed E-state index contributed by atoms with van der Waals surface area (Å²) in [5.41, 5.74) is 1.21. The van der Waals surface area contributed by atoms with Gasteiger partial charge in [0.2, 0.25) is 15.9 Å². The van der Waals surface area contributed by atoms with Crippen molar-refractivity contribution >= 4 is 23.0 Å². The average molecular weight is 545 g/mol. The Labute approximate surface area is 224 Å². The summed E-state index contributed by atoms with van der Waals surface area (Å²) in [6.45, 7) is 2.85. The largest absolute Gasteiger partial charge is 0.508 e. The van der Waals surface area contributed by atoms with Crippen LogP contribution in [0.4, 0.5) is 0 Å². The lowest BCUT2D eigenvalue weighted by atomic mass is 9.69. The zero-order valence-corrected chi connectivity index (χ0v) is 22.1. The lowest BCUT2D eigenvalue weighted by molar-refractivity contribution is -0.123. The van der Waals surface area contributed by atoms with Crippen molar-refractivity contribution in [2.45, 2.75) is 55.5 Å². The summed E-state index contributed by atoms with van der Waals surface area (Å²) < 4.78 is 34.8. The molecule has 206 valence electrons. The summed E-state index contributed by atoms with van der Waals surface area (Å²) in [5.74, 6) is -1.25. The highest BCUT2D eigenvalue weighted by Gasteiger charge is 2.34. The van der Waals surface area contributed by atoms with Gasteiger partial charge in [-0.15, -0.1) is 0 Å². The van der Waals surface area contributed by atoms with Crippen LogP contribution in [0.15, 0.2) is 53.4 Å². The molecule has 1 amide bonds. The van der Waals surface area contributed by atoms with E-state index in [9.17, 15) is 28.4 Å². The zero-order valence-electron chi connectivity index (χ0n) is 21.3. The molecule has 2 aromatic carbocycles. The predicted molar refractivity (Wildman–Crippen MR) is 143 cm³/mol. The first-order valence-corrected chi connectivity index (χ1v) is 14.5. The van der Waals surface area contributed by atoms with Gasteiger partial charge < -0.3 is 25.2 Å². The maximum atomic E-state index is 13.4. The van der Waals surface area contributed by atoms with Gasteiger partial charge in [-0.05, 0) is 42.5 Å². The van der Waals surface area contributed by atoms with E-state index < -0.39 is 35.0 Å². The van der Waals surface area contributed by atoms with Gasteiger partial charge in [-0.3, -0.25) is 9.69 Å². The molecule has 1 aliphatic heterocycles. The number of carbonyl (C=O) groups excluding carboxylic acids is 1. The van der Waals surface area contributed by atoms with Gasteiger partial charge in [-0.2, -0.15) is 4.72 Å². The number of phenolic OH excluding ortho intramolecular Hbond substituents is 1. The third-order valence-electron chi connectivity index (χ3n) is 7.26. The molecule has 4 rings (SSSR count). The van der Waals surface area contributed by atoms with Crippen LogP contribution in [-0.4, -0.2) is 79.8 Å². The number of hydrogen-bond donors (Lipinski definition) is 5. The molecule has 1 aliphatic carbocycles. The lowest BCUT2D eigenvalue weighted by Gasteiger charge is -2.30. The van der Waals surface area contributed by atoms with Crippen LogP contribution < -0.4 is 10.0 Å². The van der Waals surface area contributed by atoms with Crippen LogP contribution in [0.2, 0.25) is 0 Å². The minimum Gasteiger partial charge on any atom is -0.508 e. The Kier molecular flexibility index (Phi) is 9.80. The van der Waals surface area contributed by atoms with Crippen LogP contribution in [0.1, 0.15) is 36.8 Å². The number of rotatable bonds is 12. The smallest absolute Gasteiger partial charge is 0.475 e. The second kappa shape index (κ2) is 13.1. The van der Waals surface area contributed by atoms with Gasteiger partial charge in [0.1, 0.15) is 11.8 Å². The third kappa shape index (κ3) is 7.78. The van der Waals surface area contributed by atoms with Gasteiger partial charge >= 0.3 is 7.12 Å². The summed E-state index contributed by atoms with van der Waals surface area (Å²) in [6, 6.07) is 11.9. The fourth-order valence-corrected chi connectivity index (χ4v) is 6.02. The number of morpholine rings is 1. The summed E-state index contributed by atoms with van der Waals surface area (Å²) in [5, 5.41) is 32.8. The molecule has 2 fully saturated rings. The molecular weight excluding hydrogens is 509 g/mol. The second-order valence-electron chi connectivity index (χ2n) is 10.1. The van der Waals surface area contributed by atoms with E-state index in [1.807, 2.05) is 6.07 Å². The van der Waals surface area contributed by atoms with Gasteiger partial charge in [0, 0.05) is 25.2 Å². The summed E-state index contributed by atoms with van der Waals surface area (Å²) in [7, 11) is -5.92. The Morgan fingerprint density at radius 3 is 2.45 bits per heavy atom. The topological polar surface area (TPSA) is 148 Å². The van der Waals surface area contributed by atoms with Crippen molar-refractivity contribution in [3.63, 3.8) is 0 Å². The van der Waals surface area contributed by atoms with Crippen molar-refractivity contribution in [1.29, 1.82) is 0 Å². The molecule has 1 heterocycles. The number of hydrogen-bond acceptors (Lipinski definition) is 8. The second-order valence-corrected chi connectivity index (χ2v) is 11.8. The van der Waals surface area contributed by atoms with Crippen molar-refractivity contribution in [1.82, 2.24) is 14.9 Å². The highest BCUT2D eigenvalue weighted by Crippen LogP contribution is 2.30. The minimum absolute atomic E-state index is 0.00945. The van der Waals surface area contributed by atoms with Crippen LogP contribution in [0.3, 0.4) is 0 Å². The van der Waals surface area contributed by atoms with Gasteiger partial charge in [-0.25, -0.2) is 8.42 Å². The molecule has 5 N–H and O–H groups in total. The molecule has 1 saturated carbocycles. The van der Waals surface area contributed by atoms with Crippen molar-refractivity contribution in [3.8, 4) is 5.75 Å². The molecule has 2 aliphatic rings. The monoisotopic (exact) mass is 545 g/mol. The quantitative estimate of drug-likeness (QED) is 0.246. The molecule has 0 aromatic heterocycles. The fourth-order valence-electron chi connectivity index (χ4n) is 4.77. The SMILES string of the molecule is O=C(N[C@@H](CC1CCC1)B(O)O)[C@H](Cc1ccccc1)NS(=O)(=O)c1ccc(O)c(CN2CCOCC2)c1. The van der Waals surface area contributed by atoms with Gasteiger partial charge in [0.05, 0.1) is 24.1 Å². The van der Waals surface area contributed by atoms with Crippen molar-refractivity contribution in [2.24, 2.45) is 5.92 Å². The first-order chi connectivity index (χ1) is 18.2. The Hall–Kier alpha value is -2.48. The molecule has 1 saturated heterocycles. The molecule has 0 unspecified atom stereocenters. The Bertz CT molecular complexity index is 1170. The summed E-state index contributed by atoms with van der Waals surface area (Å²) >= 11 is 0. The number of nitrogens with one attached hydrogen (secondary N) is 2. The lowest BCUT2D eigenvalue weighted by Crippen LogP contribution is -2.55. The van der Waals surface area contributed by atoms with E-state index in [1.165, 1.54) is 18.2 Å². The first-order valence-electron chi connectivity index (χ1n) is 13.1. The van der Waals surface area contributed by atoms with Crippen LogP contribution >= 0.6 is 0 Å². The Balaban J connectivity index is 1.53. The highest BCUT2D eigenvalue weighted by atomic mass is 32.2. The molecule has 10 nitrogen and oxygen atoms in total. The zero-order chi connectivity index (χ0) is 27.1. The molecule has 38 heavy (non-hydrogen) atoms. The summed E-state index contributed by atoms with van der Waals surface area (Å²) in [6.07, 6.45) is 3.49. The van der Waals surface area contributed by atoms with Crippen LogP contribution in [-0.2, 0) is 32.5 Å². The van der Waals surface area contributed by atoms with E-state index in [2.05, 4.69) is 14.9 Å². The number of carbonyl (C=O) groups is 1. The van der Waals surface area contributed by atoms with E-state index in [0.29, 0.717) is 50.8 Å². The molecule has 2 atom stereocenters. The number of ether oxygens (including phenoxy) is 1. The molecule has 12 heteroatoms. The maximum absolute atomic E-state index is 13.4. The van der Waals surface area contributed by atoms with Crippen LogP contribution in [0, 0.1) is 5.92 Å².